The molecule has 1 aliphatic carbocycles. The second-order valence-electron chi connectivity index (χ2n) is 8.45. The summed E-state index contributed by atoms with van der Waals surface area (Å²) in [5.74, 6) is 0.195. The van der Waals surface area contributed by atoms with Crippen molar-refractivity contribution in [2.75, 3.05) is 5.32 Å². The third-order valence-corrected chi connectivity index (χ3v) is 7.11. The third-order valence-electron chi connectivity index (χ3n) is 5.81. The molecular weight excluding hydrogens is 612 g/mol. The summed E-state index contributed by atoms with van der Waals surface area (Å²) in [5.41, 5.74) is 5.13. The van der Waals surface area contributed by atoms with Gasteiger partial charge in [0.1, 0.15) is 11.4 Å². The number of nitrogens with zero attached hydrogens (tertiary/aromatic N) is 2. The van der Waals surface area contributed by atoms with Gasteiger partial charge in [-0.25, -0.2) is 9.19 Å². The summed E-state index contributed by atoms with van der Waals surface area (Å²) < 4.78 is 53.5. The molecular formula is C26H16Cl3F3N4O3S. The normalized spacial score (nSPS) is 12.7. The largest absolute Gasteiger partial charge is 0.573 e. The standard InChI is InChI=1S/C26H16Cl3F3N4O3S/c27-16-10-20(28)23(21(29)11-16)34-25(37)36-40-33-12-13-1-7-18-15(9-13)4-8-19-22(18)35-39-24(19)14-2-5-17(6-3-14)38-26(30,31)32/h1-3,5-7,9-12H,4,8H2,(H2,34,36,37). The van der Waals surface area contributed by atoms with Gasteiger partial charge in [0.15, 0.2) is 5.76 Å². The molecule has 206 valence electrons. The van der Waals surface area contributed by atoms with Gasteiger partial charge in [-0.2, -0.15) is 0 Å². The first kappa shape index (κ1) is 28.2. The number of carbonyl (C=O) groups is 1. The van der Waals surface area contributed by atoms with Gasteiger partial charge in [0.2, 0.25) is 0 Å². The van der Waals surface area contributed by atoms with Gasteiger partial charge in [0, 0.05) is 27.9 Å². The molecule has 5 rings (SSSR count). The van der Waals surface area contributed by atoms with Crippen molar-refractivity contribution in [2.24, 2.45) is 4.40 Å². The predicted molar refractivity (Wildman–Crippen MR) is 150 cm³/mol. The molecule has 2 amide bonds. The molecule has 1 aliphatic rings. The maximum atomic E-state index is 12.4. The highest BCUT2D eigenvalue weighted by atomic mass is 35.5. The van der Waals surface area contributed by atoms with E-state index < -0.39 is 12.4 Å². The Hall–Kier alpha value is -3.38. The summed E-state index contributed by atoms with van der Waals surface area (Å²) in [7, 11) is 0. The number of nitrogens with one attached hydrogen (secondary N) is 2. The van der Waals surface area contributed by atoms with Crippen molar-refractivity contribution in [2.45, 2.75) is 19.2 Å². The van der Waals surface area contributed by atoms with Gasteiger partial charge in [0.05, 0.1) is 27.9 Å². The Kier molecular flexibility index (Phi) is 8.18. The summed E-state index contributed by atoms with van der Waals surface area (Å²) in [6.45, 7) is 0. The Morgan fingerprint density at radius 2 is 1.77 bits per heavy atom. The van der Waals surface area contributed by atoms with Gasteiger partial charge in [-0.3, -0.25) is 4.72 Å². The lowest BCUT2D eigenvalue weighted by atomic mass is 9.87. The number of aromatic nitrogens is 1. The summed E-state index contributed by atoms with van der Waals surface area (Å²) >= 11 is 18.8. The van der Waals surface area contributed by atoms with Crippen molar-refractivity contribution in [3.63, 3.8) is 0 Å². The lowest BCUT2D eigenvalue weighted by molar-refractivity contribution is -0.274. The van der Waals surface area contributed by atoms with Crippen LogP contribution in [0.15, 0.2) is 63.5 Å². The molecule has 0 bridgehead atoms. The molecule has 0 radical (unpaired) electrons. The first-order valence-electron chi connectivity index (χ1n) is 11.5. The molecule has 7 nitrogen and oxygen atoms in total. The minimum absolute atomic E-state index is 0.200. The number of anilines is 1. The van der Waals surface area contributed by atoms with Crippen molar-refractivity contribution < 1.29 is 27.2 Å². The average molecular weight is 628 g/mol. The topological polar surface area (TPSA) is 88.8 Å². The molecule has 1 aromatic heterocycles. The SMILES string of the molecule is O=C(NSN=Cc1ccc2c(c1)CCc1c-2noc1-c1ccc(OC(F)(F)F)cc1)Nc1c(Cl)cc(Cl)cc1Cl. The highest BCUT2D eigenvalue weighted by molar-refractivity contribution is 7.96. The van der Waals surface area contributed by atoms with Crippen molar-refractivity contribution in [1.82, 2.24) is 9.88 Å². The molecule has 4 aromatic rings. The average Bonchev–Trinajstić information content (AvgIpc) is 3.33. The van der Waals surface area contributed by atoms with E-state index >= 15 is 0 Å². The fraction of sp³-hybridized carbons (Fsp3) is 0.115. The fourth-order valence-electron chi connectivity index (χ4n) is 4.13. The number of rotatable bonds is 6. The molecule has 0 unspecified atom stereocenters. The maximum Gasteiger partial charge on any atom is 0.573 e. The van der Waals surface area contributed by atoms with Crippen LogP contribution in [0.25, 0.3) is 22.6 Å². The fourth-order valence-corrected chi connectivity index (χ4v) is 5.41. The van der Waals surface area contributed by atoms with Crippen molar-refractivity contribution in [3.8, 4) is 28.3 Å². The van der Waals surface area contributed by atoms with Crippen LogP contribution >= 0.6 is 46.9 Å². The summed E-state index contributed by atoms with van der Waals surface area (Å²) in [6, 6.07) is 13.5. The molecule has 0 spiro atoms. The van der Waals surface area contributed by atoms with Crippen LogP contribution in [0.2, 0.25) is 15.1 Å². The smallest absolute Gasteiger partial charge is 0.406 e. The zero-order chi connectivity index (χ0) is 28.4. The number of benzene rings is 3. The number of ether oxygens (including phenoxy) is 1. The van der Waals surface area contributed by atoms with E-state index in [9.17, 15) is 18.0 Å². The van der Waals surface area contributed by atoms with Gasteiger partial charge in [-0.05, 0) is 66.4 Å². The zero-order valence-electron chi connectivity index (χ0n) is 20.0. The van der Waals surface area contributed by atoms with Crippen LogP contribution in [0.1, 0.15) is 16.7 Å². The van der Waals surface area contributed by atoms with E-state index in [0.29, 0.717) is 34.9 Å². The van der Waals surface area contributed by atoms with Crippen LogP contribution in [0.3, 0.4) is 0 Å². The molecule has 1 heterocycles. The van der Waals surface area contributed by atoms with Crippen LogP contribution < -0.4 is 14.8 Å². The minimum atomic E-state index is -4.76. The van der Waals surface area contributed by atoms with Crippen molar-refractivity contribution >= 4 is 64.9 Å². The number of alkyl halides is 3. The van der Waals surface area contributed by atoms with E-state index in [1.165, 1.54) is 36.4 Å². The molecule has 14 heteroatoms. The zero-order valence-corrected chi connectivity index (χ0v) is 23.1. The molecule has 3 aromatic carbocycles. The highest BCUT2D eigenvalue weighted by Gasteiger charge is 2.31. The molecule has 0 saturated heterocycles. The van der Waals surface area contributed by atoms with Crippen LogP contribution in [0, 0.1) is 0 Å². The minimum Gasteiger partial charge on any atom is -0.406 e. The van der Waals surface area contributed by atoms with E-state index in [2.05, 4.69) is 24.3 Å². The van der Waals surface area contributed by atoms with Crippen LogP contribution in [-0.2, 0) is 12.8 Å². The molecule has 0 aliphatic heterocycles. The Balaban J connectivity index is 1.22. The Morgan fingerprint density at radius 3 is 2.48 bits per heavy atom. The van der Waals surface area contributed by atoms with Crippen molar-refractivity contribution in [3.05, 3.63) is 86.4 Å². The van der Waals surface area contributed by atoms with Gasteiger partial charge in [-0.15, -0.1) is 13.2 Å². The highest BCUT2D eigenvalue weighted by Crippen LogP contribution is 2.39. The number of halogens is 6. The van der Waals surface area contributed by atoms with E-state index in [1.807, 2.05) is 18.2 Å². The van der Waals surface area contributed by atoms with Crippen LogP contribution in [-0.4, -0.2) is 23.8 Å². The monoisotopic (exact) mass is 626 g/mol. The number of carbonyl (C=O) groups excluding carboxylic acids is 1. The molecule has 0 fully saturated rings. The Labute approximate surface area is 244 Å². The molecule has 0 atom stereocenters. The first-order chi connectivity index (χ1) is 19.1. The number of fused-ring (bicyclic) bond motifs is 3. The van der Waals surface area contributed by atoms with Gasteiger partial charge in [-0.1, -0.05) is 52.1 Å². The summed E-state index contributed by atoms with van der Waals surface area (Å²) in [5, 5.41) is 7.52. The number of amides is 2. The van der Waals surface area contributed by atoms with E-state index in [4.69, 9.17) is 39.3 Å². The van der Waals surface area contributed by atoms with E-state index in [0.717, 1.165) is 34.4 Å². The van der Waals surface area contributed by atoms with E-state index in [1.54, 1.807) is 6.21 Å². The third kappa shape index (κ3) is 6.49. The summed E-state index contributed by atoms with van der Waals surface area (Å²) in [4.78, 5) is 12.2. The number of aryl methyl sites for hydroxylation is 1. The Bertz CT molecular complexity index is 1590. The molecule has 2 N–H and O–H groups in total. The molecule has 0 saturated carbocycles. The predicted octanol–water partition coefficient (Wildman–Crippen LogP) is 8.77. The van der Waals surface area contributed by atoms with Gasteiger partial charge < -0.3 is 14.6 Å². The second-order valence-corrected chi connectivity index (χ2v) is 10.3. The lowest BCUT2D eigenvalue weighted by Gasteiger charge is -2.15. The quantitative estimate of drug-likeness (QED) is 0.165. The summed E-state index contributed by atoms with van der Waals surface area (Å²) in [6.07, 6.45) is -1.83. The first-order valence-corrected chi connectivity index (χ1v) is 13.4. The van der Waals surface area contributed by atoms with Crippen molar-refractivity contribution in [1.29, 1.82) is 0 Å². The van der Waals surface area contributed by atoms with E-state index in [-0.39, 0.29) is 21.5 Å². The second kappa shape index (κ2) is 11.6. The van der Waals surface area contributed by atoms with Crippen LogP contribution in [0.5, 0.6) is 5.75 Å². The van der Waals surface area contributed by atoms with Gasteiger partial charge >= 0.3 is 12.4 Å². The number of urea groups is 1. The number of hydrogen-bond donors (Lipinski definition) is 2. The number of hydrogen-bond acceptors (Lipinski definition) is 6. The maximum absolute atomic E-state index is 12.4. The van der Waals surface area contributed by atoms with Gasteiger partial charge in [0.25, 0.3) is 0 Å². The Morgan fingerprint density at radius 1 is 1.05 bits per heavy atom. The van der Waals surface area contributed by atoms with Crippen LogP contribution in [0.4, 0.5) is 23.7 Å². The molecule has 40 heavy (non-hydrogen) atoms. The lowest BCUT2D eigenvalue weighted by Crippen LogP contribution is -2.22.